The van der Waals surface area contributed by atoms with E-state index in [0.717, 1.165) is 24.5 Å². The molecule has 0 aromatic heterocycles. The third kappa shape index (κ3) is 1.78. The van der Waals surface area contributed by atoms with Gasteiger partial charge in [0, 0.05) is 18.5 Å². The molecular formula is C14H17N3O. The lowest BCUT2D eigenvalue weighted by atomic mass is 9.92. The van der Waals surface area contributed by atoms with Crippen molar-refractivity contribution in [3.63, 3.8) is 0 Å². The van der Waals surface area contributed by atoms with Crippen molar-refractivity contribution in [1.29, 1.82) is 0 Å². The zero-order valence-corrected chi connectivity index (χ0v) is 10.7. The Balaban J connectivity index is 1.92. The van der Waals surface area contributed by atoms with E-state index in [2.05, 4.69) is 16.4 Å². The van der Waals surface area contributed by atoms with Crippen molar-refractivity contribution in [3.05, 3.63) is 29.8 Å². The molecule has 0 aliphatic carbocycles. The highest BCUT2D eigenvalue weighted by atomic mass is 16.2. The fourth-order valence-corrected chi connectivity index (χ4v) is 2.60. The highest BCUT2D eigenvalue weighted by Gasteiger charge is 2.34. The van der Waals surface area contributed by atoms with Gasteiger partial charge in [0.2, 0.25) is 0 Å². The number of urea groups is 1. The van der Waals surface area contributed by atoms with Gasteiger partial charge in [0.1, 0.15) is 5.84 Å². The first-order valence-corrected chi connectivity index (χ1v) is 6.39. The zero-order valence-electron chi connectivity index (χ0n) is 10.7. The smallest absolute Gasteiger partial charge is 0.321 e. The molecule has 3 rings (SSSR count). The number of hydrogen-bond acceptors (Lipinski definition) is 2. The summed E-state index contributed by atoms with van der Waals surface area (Å²) in [5.74, 6) is 1.13. The second-order valence-corrected chi connectivity index (χ2v) is 5.20. The van der Waals surface area contributed by atoms with Gasteiger partial charge in [-0.3, -0.25) is 5.32 Å². The van der Waals surface area contributed by atoms with Gasteiger partial charge in [0.25, 0.3) is 0 Å². The summed E-state index contributed by atoms with van der Waals surface area (Å²) in [6, 6.07) is 8.34. The quantitative estimate of drug-likeness (QED) is 0.808. The number of nitrogens with one attached hydrogen (secondary N) is 1. The number of fused-ring (bicyclic) bond motifs is 2. The van der Waals surface area contributed by atoms with Gasteiger partial charge in [0.15, 0.2) is 0 Å². The number of nitrogens with zero attached hydrogens (tertiary/aromatic N) is 2. The second-order valence-electron chi connectivity index (χ2n) is 5.20. The van der Waals surface area contributed by atoms with Crippen LogP contribution in [0, 0.1) is 5.92 Å². The number of para-hydroxylation sites is 1. The van der Waals surface area contributed by atoms with Crippen LogP contribution in [0.1, 0.15) is 19.4 Å². The topological polar surface area (TPSA) is 44.7 Å². The van der Waals surface area contributed by atoms with Crippen LogP contribution in [0.5, 0.6) is 0 Å². The molecule has 1 aromatic rings. The van der Waals surface area contributed by atoms with Gasteiger partial charge in [-0.15, -0.1) is 0 Å². The van der Waals surface area contributed by atoms with Crippen LogP contribution in [0.3, 0.4) is 0 Å². The third-order valence-electron chi connectivity index (χ3n) is 3.62. The number of hydrogen-bond donors (Lipinski definition) is 1. The van der Waals surface area contributed by atoms with Crippen LogP contribution in [0.15, 0.2) is 29.3 Å². The van der Waals surface area contributed by atoms with E-state index in [0.29, 0.717) is 5.92 Å². The van der Waals surface area contributed by atoms with E-state index in [9.17, 15) is 4.79 Å². The number of carbonyl (C=O) groups is 1. The predicted molar refractivity (Wildman–Crippen MR) is 71.1 cm³/mol. The molecule has 2 aliphatic rings. The lowest BCUT2D eigenvalue weighted by Gasteiger charge is -2.38. The minimum absolute atomic E-state index is 0.0284. The van der Waals surface area contributed by atoms with Crippen molar-refractivity contribution in [3.8, 4) is 0 Å². The minimum Gasteiger partial charge on any atom is -0.321 e. The minimum atomic E-state index is -0.0284. The number of rotatable bonds is 1. The van der Waals surface area contributed by atoms with Gasteiger partial charge in [-0.05, 0) is 31.9 Å². The highest BCUT2D eigenvalue weighted by molar-refractivity contribution is 6.03. The number of aliphatic imine (C=N–C) groups is 1. The molecule has 1 aromatic carbocycles. The standard InChI is InChI=1S/C14H17N3O/c1-9(2)17-8-11-7-10-5-3-4-6-12(10)15-13(11)16-14(17)18/h3-6,9,11H,7-8H2,1-2H3,(H,15,16,18). The number of carbonyl (C=O) groups excluding carboxylic acids is 1. The Hall–Kier alpha value is -1.84. The number of amides is 2. The van der Waals surface area contributed by atoms with Crippen LogP contribution in [0.25, 0.3) is 0 Å². The van der Waals surface area contributed by atoms with E-state index in [-0.39, 0.29) is 12.1 Å². The van der Waals surface area contributed by atoms with Crippen LogP contribution in [0.2, 0.25) is 0 Å². The summed E-state index contributed by atoms with van der Waals surface area (Å²) in [5.41, 5.74) is 2.26. The molecule has 94 valence electrons. The Labute approximate surface area is 107 Å². The fraction of sp³-hybridized carbons (Fsp3) is 0.429. The largest absolute Gasteiger partial charge is 0.323 e. The molecule has 0 radical (unpaired) electrons. The Morgan fingerprint density at radius 2 is 2.17 bits per heavy atom. The van der Waals surface area contributed by atoms with Crippen LogP contribution in [0.4, 0.5) is 10.5 Å². The first kappa shape index (κ1) is 11.3. The van der Waals surface area contributed by atoms with E-state index in [1.165, 1.54) is 5.56 Å². The first-order chi connectivity index (χ1) is 8.65. The van der Waals surface area contributed by atoms with Gasteiger partial charge in [-0.25, -0.2) is 9.79 Å². The lowest BCUT2D eigenvalue weighted by molar-refractivity contribution is 0.173. The average Bonchev–Trinajstić information content (AvgIpc) is 2.35. The van der Waals surface area contributed by atoms with Gasteiger partial charge < -0.3 is 4.90 Å². The van der Waals surface area contributed by atoms with E-state index in [1.54, 1.807) is 0 Å². The molecule has 1 unspecified atom stereocenters. The maximum Gasteiger partial charge on any atom is 0.323 e. The van der Waals surface area contributed by atoms with Crippen molar-refractivity contribution in [2.75, 3.05) is 6.54 Å². The van der Waals surface area contributed by atoms with Crippen molar-refractivity contribution < 1.29 is 4.79 Å². The molecule has 2 amide bonds. The Morgan fingerprint density at radius 1 is 1.39 bits per heavy atom. The second kappa shape index (κ2) is 4.12. The summed E-state index contributed by atoms with van der Waals surface area (Å²) in [5, 5.41) is 2.93. The maximum atomic E-state index is 11.9. The summed E-state index contributed by atoms with van der Waals surface area (Å²) in [6.45, 7) is 4.84. The molecule has 4 nitrogen and oxygen atoms in total. The Morgan fingerprint density at radius 3 is 2.94 bits per heavy atom. The first-order valence-electron chi connectivity index (χ1n) is 6.39. The van der Waals surface area contributed by atoms with Crippen LogP contribution in [-0.2, 0) is 6.42 Å². The summed E-state index contributed by atoms with van der Waals surface area (Å²) < 4.78 is 0. The van der Waals surface area contributed by atoms with Crippen LogP contribution < -0.4 is 5.32 Å². The van der Waals surface area contributed by atoms with Gasteiger partial charge in [-0.1, -0.05) is 18.2 Å². The van der Waals surface area contributed by atoms with Crippen molar-refractivity contribution in [2.45, 2.75) is 26.3 Å². The van der Waals surface area contributed by atoms with E-state index in [1.807, 2.05) is 36.9 Å². The zero-order chi connectivity index (χ0) is 12.7. The predicted octanol–water partition coefficient (Wildman–Crippen LogP) is 2.32. The van der Waals surface area contributed by atoms with Gasteiger partial charge >= 0.3 is 6.03 Å². The molecule has 2 heterocycles. The lowest BCUT2D eigenvalue weighted by Crippen LogP contribution is -2.57. The maximum absolute atomic E-state index is 11.9. The summed E-state index contributed by atoms with van der Waals surface area (Å²) in [4.78, 5) is 18.4. The molecule has 0 spiro atoms. The molecule has 0 bridgehead atoms. The molecule has 1 saturated heterocycles. The van der Waals surface area contributed by atoms with Gasteiger partial charge in [-0.2, -0.15) is 0 Å². The molecule has 4 heteroatoms. The average molecular weight is 243 g/mol. The SMILES string of the molecule is CC(C)N1CC2Cc3ccccc3N=C2NC1=O. The molecule has 2 aliphatic heterocycles. The van der Waals surface area contributed by atoms with E-state index < -0.39 is 0 Å². The molecular weight excluding hydrogens is 226 g/mol. The van der Waals surface area contributed by atoms with Crippen molar-refractivity contribution in [1.82, 2.24) is 10.2 Å². The van der Waals surface area contributed by atoms with Crippen molar-refractivity contribution >= 4 is 17.6 Å². The van der Waals surface area contributed by atoms with Gasteiger partial charge in [0.05, 0.1) is 5.69 Å². The van der Waals surface area contributed by atoms with Crippen LogP contribution >= 0.6 is 0 Å². The summed E-state index contributed by atoms with van der Waals surface area (Å²) >= 11 is 0. The highest BCUT2D eigenvalue weighted by Crippen LogP contribution is 2.30. The fourth-order valence-electron chi connectivity index (χ4n) is 2.60. The van der Waals surface area contributed by atoms with Crippen LogP contribution in [-0.4, -0.2) is 29.4 Å². The summed E-state index contributed by atoms with van der Waals surface area (Å²) in [7, 11) is 0. The Kier molecular flexibility index (Phi) is 2.58. The number of benzene rings is 1. The van der Waals surface area contributed by atoms with E-state index >= 15 is 0 Å². The van der Waals surface area contributed by atoms with Crippen molar-refractivity contribution in [2.24, 2.45) is 10.9 Å². The normalized spacial score (nSPS) is 22.2. The molecule has 1 N–H and O–H groups in total. The molecule has 0 saturated carbocycles. The summed E-state index contributed by atoms with van der Waals surface area (Å²) in [6.07, 6.45) is 0.957. The molecule has 1 fully saturated rings. The Bertz CT molecular complexity index is 522. The monoisotopic (exact) mass is 243 g/mol. The molecule has 1 atom stereocenters. The molecule has 18 heavy (non-hydrogen) atoms. The third-order valence-corrected chi connectivity index (χ3v) is 3.62. The number of amidine groups is 1. The van der Waals surface area contributed by atoms with E-state index in [4.69, 9.17) is 0 Å².